The van der Waals surface area contributed by atoms with Crippen LogP contribution >= 0.6 is 11.6 Å². The molecular formula is C18H17ClN4O6. The Labute approximate surface area is 170 Å². The second kappa shape index (κ2) is 9.30. The van der Waals surface area contributed by atoms with Crippen LogP contribution in [0.3, 0.4) is 0 Å². The van der Waals surface area contributed by atoms with Crippen LogP contribution in [0, 0.1) is 10.1 Å². The van der Waals surface area contributed by atoms with Crippen LogP contribution in [0.5, 0.6) is 0 Å². The Morgan fingerprint density at radius 3 is 2.76 bits per heavy atom. The van der Waals surface area contributed by atoms with Gasteiger partial charge in [-0.3, -0.25) is 14.9 Å². The molecule has 0 radical (unpaired) electrons. The maximum Gasteiger partial charge on any atom is 0.341 e. The molecule has 1 aliphatic heterocycles. The molecule has 1 fully saturated rings. The molecule has 29 heavy (non-hydrogen) atoms. The summed E-state index contributed by atoms with van der Waals surface area (Å²) in [5, 5.41) is 13.7. The predicted octanol–water partition coefficient (Wildman–Crippen LogP) is 2.28. The first-order valence-corrected chi connectivity index (χ1v) is 9.02. The number of anilines is 2. The zero-order chi connectivity index (χ0) is 20.8. The maximum atomic E-state index is 12.6. The highest BCUT2D eigenvalue weighted by Gasteiger charge is 2.23. The highest BCUT2D eigenvalue weighted by atomic mass is 35.5. The predicted molar refractivity (Wildman–Crippen MR) is 104 cm³/mol. The summed E-state index contributed by atoms with van der Waals surface area (Å²) in [6.07, 6.45) is 1.47. The van der Waals surface area contributed by atoms with Crippen molar-refractivity contribution in [3.8, 4) is 0 Å². The van der Waals surface area contributed by atoms with Crippen LogP contribution in [0.1, 0.15) is 10.4 Å². The molecule has 1 aromatic carbocycles. The molecule has 0 atom stereocenters. The lowest BCUT2D eigenvalue weighted by Gasteiger charge is -2.30. The lowest BCUT2D eigenvalue weighted by molar-refractivity contribution is -0.384. The Balaban J connectivity index is 1.73. The zero-order valence-corrected chi connectivity index (χ0v) is 15.9. The highest BCUT2D eigenvalue weighted by molar-refractivity contribution is 6.32. The fourth-order valence-electron chi connectivity index (χ4n) is 2.76. The number of pyridine rings is 1. The monoisotopic (exact) mass is 420 g/mol. The number of carbonyl (C=O) groups is 2. The summed E-state index contributed by atoms with van der Waals surface area (Å²) < 4.78 is 10.4. The van der Waals surface area contributed by atoms with Crippen molar-refractivity contribution < 1.29 is 24.0 Å². The Morgan fingerprint density at radius 2 is 2.07 bits per heavy atom. The Morgan fingerprint density at radius 1 is 1.31 bits per heavy atom. The molecule has 1 N–H and O–H groups in total. The smallest absolute Gasteiger partial charge is 0.341 e. The lowest BCUT2D eigenvalue weighted by atomic mass is 10.1. The molecule has 1 aliphatic rings. The van der Waals surface area contributed by atoms with E-state index in [9.17, 15) is 19.7 Å². The molecule has 2 heterocycles. The van der Waals surface area contributed by atoms with E-state index in [0.717, 1.165) is 6.07 Å². The third kappa shape index (κ3) is 5.18. The van der Waals surface area contributed by atoms with E-state index in [1.807, 2.05) is 4.90 Å². The van der Waals surface area contributed by atoms with E-state index in [2.05, 4.69) is 10.3 Å². The second-order valence-electron chi connectivity index (χ2n) is 6.02. The number of carbonyl (C=O) groups excluding carboxylic acids is 2. The van der Waals surface area contributed by atoms with Crippen molar-refractivity contribution in [2.75, 3.05) is 43.1 Å². The molecule has 152 valence electrons. The van der Waals surface area contributed by atoms with E-state index in [-0.39, 0.29) is 22.1 Å². The van der Waals surface area contributed by atoms with Gasteiger partial charge in [-0.1, -0.05) is 11.6 Å². The van der Waals surface area contributed by atoms with Crippen molar-refractivity contribution in [1.82, 2.24) is 4.98 Å². The molecule has 0 aliphatic carbocycles. The first-order valence-electron chi connectivity index (χ1n) is 8.64. The summed E-state index contributed by atoms with van der Waals surface area (Å²) in [6, 6.07) is 7.09. The Kier molecular flexibility index (Phi) is 6.57. The molecule has 1 aromatic heterocycles. The topological polar surface area (TPSA) is 124 Å². The fraction of sp³-hybridized carbons (Fsp3) is 0.278. The molecule has 0 unspecified atom stereocenters. The molecule has 3 rings (SSSR count). The van der Waals surface area contributed by atoms with Crippen LogP contribution in [0.25, 0.3) is 0 Å². The van der Waals surface area contributed by atoms with Gasteiger partial charge in [0, 0.05) is 31.4 Å². The number of non-ortho nitro benzene ring substituents is 1. The van der Waals surface area contributed by atoms with Crippen molar-refractivity contribution in [1.29, 1.82) is 0 Å². The first kappa shape index (κ1) is 20.5. The Bertz CT molecular complexity index is 932. The zero-order valence-electron chi connectivity index (χ0n) is 15.2. The minimum atomic E-state index is -0.845. The first-order chi connectivity index (χ1) is 14.0. The van der Waals surface area contributed by atoms with E-state index in [4.69, 9.17) is 21.1 Å². The van der Waals surface area contributed by atoms with Gasteiger partial charge in [-0.05, 0) is 18.2 Å². The van der Waals surface area contributed by atoms with Crippen molar-refractivity contribution in [2.45, 2.75) is 0 Å². The number of halogens is 1. The molecule has 10 nitrogen and oxygen atoms in total. The van der Waals surface area contributed by atoms with Crippen molar-refractivity contribution in [2.24, 2.45) is 0 Å². The number of nitro benzene ring substituents is 1. The van der Waals surface area contributed by atoms with E-state index >= 15 is 0 Å². The molecule has 1 saturated heterocycles. The number of amides is 1. The standard InChI is InChI=1S/C18H17ClN4O6/c19-17-14(2-1-5-20-17)21-16(24)11-29-18(25)13-10-12(23(26)27)3-4-15(13)22-6-8-28-9-7-22/h1-5,10H,6-9,11H2,(H,21,24). The van der Waals surface area contributed by atoms with E-state index in [0.29, 0.717) is 32.0 Å². The second-order valence-corrected chi connectivity index (χ2v) is 6.38. The average molecular weight is 421 g/mol. The quantitative estimate of drug-likeness (QED) is 0.326. The van der Waals surface area contributed by atoms with Crippen molar-refractivity contribution in [3.05, 3.63) is 57.4 Å². The van der Waals surface area contributed by atoms with Crippen molar-refractivity contribution in [3.63, 3.8) is 0 Å². The van der Waals surface area contributed by atoms with Gasteiger partial charge in [0.15, 0.2) is 11.8 Å². The van der Waals surface area contributed by atoms with Gasteiger partial charge in [0.05, 0.1) is 35.1 Å². The number of morpholine rings is 1. The number of nitrogens with one attached hydrogen (secondary N) is 1. The lowest BCUT2D eigenvalue weighted by Crippen LogP contribution is -2.37. The number of esters is 1. The number of hydrogen-bond acceptors (Lipinski definition) is 8. The van der Waals surface area contributed by atoms with Gasteiger partial charge < -0.3 is 19.7 Å². The molecule has 2 aromatic rings. The summed E-state index contributed by atoms with van der Waals surface area (Å²) in [4.78, 5) is 40.8. The molecule has 0 saturated carbocycles. The molecule has 1 amide bonds. The van der Waals surface area contributed by atoms with Crippen LogP contribution in [0.2, 0.25) is 5.15 Å². The summed E-state index contributed by atoms with van der Waals surface area (Å²) in [5.41, 5.74) is 0.521. The number of nitro groups is 1. The third-order valence-corrected chi connectivity index (χ3v) is 4.43. The third-order valence-electron chi connectivity index (χ3n) is 4.13. The summed E-state index contributed by atoms with van der Waals surface area (Å²) >= 11 is 5.87. The molecular weight excluding hydrogens is 404 g/mol. The molecule has 11 heteroatoms. The SMILES string of the molecule is O=C(COC(=O)c1cc([N+](=O)[O-])ccc1N1CCOCC1)Nc1cccnc1Cl. The van der Waals surface area contributed by atoms with E-state index < -0.39 is 23.4 Å². The molecule has 0 spiro atoms. The normalized spacial score (nSPS) is 13.6. The maximum absolute atomic E-state index is 12.6. The van der Waals surface area contributed by atoms with Gasteiger partial charge in [-0.2, -0.15) is 0 Å². The van der Waals surface area contributed by atoms with Crippen LogP contribution in [-0.2, 0) is 14.3 Å². The summed E-state index contributed by atoms with van der Waals surface area (Å²) in [5.74, 6) is -1.46. The summed E-state index contributed by atoms with van der Waals surface area (Å²) in [7, 11) is 0. The van der Waals surface area contributed by atoms with Gasteiger partial charge in [0.25, 0.3) is 11.6 Å². The van der Waals surface area contributed by atoms with Crippen LogP contribution < -0.4 is 10.2 Å². The van der Waals surface area contributed by atoms with E-state index in [1.54, 1.807) is 12.1 Å². The average Bonchev–Trinajstić information content (AvgIpc) is 2.74. The van der Waals surface area contributed by atoms with Gasteiger partial charge in [0.1, 0.15) is 0 Å². The van der Waals surface area contributed by atoms with Crippen LogP contribution in [0.15, 0.2) is 36.5 Å². The van der Waals surface area contributed by atoms with Gasteiger partial charge in [-0.25, -0.2) is 9.78 Å². The van der Waals surface area contributed by atoms with Crippen LogP contribution in [-0.4, -0.2) is 54.7 Å². The van der Waals surface area contributed by atoms with E-state index in [1.165, 1.54) is 18.3 Å². The highest BCUT2D eigenvalue weighted by Crippen LogP contribution is 2.27. The van der Waals surface area contributed by atoms with Gasteiger partial charge in [-0.15, -0.1) is 0 Å². The summed E-state index contributed by atoms with van der Waals surface area (Å²) in [6.45, 7) is 1.41. The number of aromatic nitrogens is 1. The largest absolute Gasteiger partial charge is 0.452 e. The van der Waals surface area contributed by atoms with Gasteiger partial charge in [0.2, 0.25) is 0 Å². The number of nitrogens with zero attached hydrogens (tertiary/aromatic N) is 3. The number of rotatable bonds is 6. The van der Waals surface area contributed by atoms with Crippen molar-refractivity contribution >= 4 is 40.5 Å². The van der Waals surface area contributed by atoms with Crippen LogP contribution in [0.4, 0.5) is 17.1 Å². The Hall–Kier alpha value is -3.24. The number of benzene rings is 1. The minimum Gasteiger partial charge on any atom is -0.452 e. The number of ether oxygens (including phenoxy) is 2. The number of hydrogen-bond donors (Lipinski definition) is 1. The van der Waals surface area contributed by atoms with Gasteiger partial charge >= 0.3 is 5.97 Å². The molecule has 0 bridgehead atoms. The minimum absolute atomic E-state index is 0.00769. The fourth-order valence-corrected chi connectivity index (χ4v) is 2.92.